The van der Waals surface area contributed by atoms with E-state index < -0.39 is 11.5 Å². The highest BCUT2D eigenvalue weighted by molar-refractivity contribution is 9.10. The lowest BCUT2D eigenvalue weighted by atomic mass is 9.88. The van der Waals surface area contributed by atoms with Crippen molar-refractivity contribution in [1.29, 1.82) is 0 Å². The molecule has 4 rings (SSSR count). The summed E-state index contributed by atoms with van der Waals surface area (Å²) >= 11 is 3.45. The van der Waals surface area contributed by atoms with Crippen molar-refractivity contribution in [2.24, 2.45) is 0 Å². The maximum atomic E-state index is 13.6. The van der Waals surface area contributed by atoms with Gasteiger partial charge in [-0.2, -0.15) is 0 Å². The van der Waals surface area contributed by atoms with Crippen LogP contribution in [0.2, 0.25) is 0 Å². The summed E-state index contributed by atoms with van der Waals surface area (Å²) < 4.78 is 0.748. The summed E-state index contributed by atoms with van der Waals surface area (Å²) in [5, 5.41) is 11.6. The van der Waals surface area contributed by atoms with Crippen LogP contribution in [0.4, 0.5) is 5.69 Å². The quantitative estimate of drug-likeness (QED) is 0.399. The molecule has 1 N–H and O–H groups in total. The standard InChI is InChI=1S/C28H28BrNO3/c1-4-5-20-8-10-21(11-9-20)26(31)16-28(33)24-15-23(29)12-13-25(24)30(27(28)32)17-22-14-18(2)6-7-19(22)3/h6-15,33H,4-5,16-17H2,1-3H3. The minimum Gasteiger partial charge on any atom is -0.375 e. The third-order valence-corrected chi connectivity index (χ3v) is 6.85. The van der Waals surface area contributed by atoms with Gasteiger partial charge < -0.3 is 10.0 Å². The fourth-order valence-corrected chi connectivity index (χ4v) is 4.83. The fourth-order valence-electron chi connectivity index (χ4n) is 4.47. The minimum atomic E-state index is -1.91. The summed E-state index contributed by atoms with van der Waals surface area (Å²) in [5.74, 6) is -0.721. The number of aliphatic hydroxyl groups is 1. The molecule has 4 nitrogen and oxygen atoms in total. The van der Waals surface area contributed by atoms with Crippen molar-refractivity contribution in [3.05, 3.63) is 98.5 Å². The predicted molar refractivity (Wildman–Crippen MR) is 135 cm³/mol. The summed E-state index contributed by atoms with van der Waals surface area (Å²) in [6.07, 6.45) is 1.68. The number of rotatable bonds is 7. The molecule has 1 aliphatic rings. The zero-order chi connectivity index (χ0) is 23.8. The molecule has 1 heterocycles. The number of carbonyl (C=O) groups is 2. The largest absolute Gasteiger partial charge is 0.375 e. The first-order chi connectivity index (χ1) is 15.7. The second-order valence-corrected chi connectivity index (χ2v) is 9.81. The van der Waals surface area contributed by atoms with Crippen LogP contribution in [-0.2, 0) is 23.4 Å². The third-order valence-electron chi connectivity index (χ3n) is 6.36. The number of aryl methyl sites for hydroxylation is 3. The molecule has 0 saturated heterocycles. The number of nitrogens with zero attached hydrogens (tertiary/aromatic N) is 1. The number of ketones is 1. The van der Waals surface area contributed by atoms with Gasteiger partial charge in [0.25, 0.3) is 5.91 Å². The number of hydrogen-bond acceptors (Lipinski definition) is 3. The van der Waals surface area contributed by atoms with Gasteiger partial charge >= 0.3 is 0 Å². The number of benzene rings is 3. The zero-order valence-corrected chi connectivity index (χ0v) is 20.8. The summed E-state index contributed by atoms with van der Waals surface area (Å²) in [6.45, 7) is 6.47. The molecule has 33 heavy (non-hydrogen) atoms. The molecule has 0 spiro atoms. The van der Waals surface area contributed by atoms with Crippen molar-refractivity contribution in [3.63, 3.8) is 0 Å². The van der Waals surface area contributed by atoms with Crippen LogP contribution >= 0.6 is 15.9 Å². The molecule has 1 aliphatic heterocycles. The average Bonchev–Trinajstić information content (AvgIpc) is 2.98. The summed E-state index contributed by atoms with van der Waals surface area (Å²) in [4.78, 5) is 28.3. The van der Waals surface area contributed by atoms with Crippen LogP contribution < -0.4 is 4.90 Å². The predicted octanol–water partition coefficient (Wildman–Crippen LogP) is 6.03. The van der Waals surface area contributed by atoms with Crippen LogP contribution in [-0.4, -0.2) is 16.8 Å². The van der Waals surface area contributed by atoms with E-state index in [1.807, 2.05) is 50.2 Å². The first-order valence-corrected chi connectivity index (χ1v) is 12.0. The van der Waals surface area contributed by atoms with Crippen molar-refractivity contribution >= 4 is 33.3 Å². The molecule has 0 radical (unpaired) electrons. The van der Waals surface area contributed by atoms with Crippen LogP contribution in [0.15, 0.2) is 65.1 Å². The SMILES string of the molecule is CCCc1ccc(C(=O)CC2(O)C(=O)N(Cc3cc(C)ccc3C)c3ccc(Br)cc32)cc1. The average molecular weight is 506 g/mol. The summed E-state index contributed by atoms with van der Waals surface area (Å²) in [6, 6.07) is 19.0. The van der Waals surface area contributed by atoms with Crippen molar-refractivity contribution in [1.82, 2.24) is 0 Å². The van der Waals surface area contributed by atoms with Crippen LogP contribution in [0.5, 0.6) is 0 Å². The Morgan fingerprint density at radius 1 is 1.03 bits per heavy atom. The van der Waals surface area contributed by atoms with E-state index in [4.69, 9.17) is 0 Å². The van der Waals surface area contributed by atoms with E-state index in [-0.39, 0.29) is 12.2 Å². The Morgan fingerprint density at radius 3 is 2.45 bits per heavy atom. The fraction of sp³-hybridized carbons (Fsp3) is 0.286. The van der Waals surface area contributed by atoms with Crippen LogP contribution in [0, 0.1) is 13.8 Å². The van der Waals surface area contributed by atoms with Crippen molar-refractivity contribution < 1.29 is 14.7 Å². The first-order valence-electron chi connectivity index (χ1n) is 11.3. The van der Waals surface area contributed by atoms with Crippen LogP contribution in [0.3, 0.4) is 0 Å². The van der Waals surface area contributed by atoms with Gasteiger partial charge in [0.05, 0.1) is 18.7 Å². The lowest BCUT2D eigenvalue weighted by Crippen LogP contribution is -2.41. The molecule has 3 aromatic carbocycles. The topological polar surface area (TPSA) is 57.6 Å². The van der Waals surface area contributed by atoms with E-state index in [2.05, 4.69) is 28.9 Å². The second-order valence-electron chi connectivity index (χ2n) is 8.89. The molecule has 0 bridgehead atoms. The normalized spacial score (nSPS) is 17.4. The Balaban J connectivity index is 1.67. The highest BCUT2D eigenvalue weighted by atomic mass is 79.9. The maximum absolute atomic E-state index is 13.6. The molecule has 0 fully saturated rings. The monoisotopic (exact) mass is 505 g/mol. The Labute approximate surface area is 203 Å². The molecule has 1 atom stereocenters. The number of halogens is 1. The highest BCUT2D eigenvalue weighted by Gasteiger charge is 2.51. The molecule has 0 aliphatic carbocycles. The number of hydrogen-bond donors (Lipinski definition) is 1. The van der Waals surface area contributed by atoms with Gasteiger partial charge in [-0.15, -0.1) is 0 Å². The highest BCUT2D eigenvalue weighted by Crippen LogP contribution is 2.45. The number of anilines is 1. The van der Waals surface area contributed by atoms with Gasteiger partial charge in [0.1, 0.15) is 0 Å². The molecule has 0 aromatic heterocycles. The second kappa shape index (κ2) is 9.24. The molecular formula is C28H28BrNO3. The van der Waals surface area contributed by atoms with E-state index in [0.29, 0.717) is 23.4 Å². The number of amides is 1. The van der Waals surface area contributed by atoms with Crippen LogP contribution in [0.1, 0.15) is 57.9 Å². The molecular weight excluding hydrogens is 478 g/mol. The van der Waals surface area contributed by atoms with Gasteiger partial charge in [0, 0.05) is 15.6 Å². The van der Waals surface area contributed by atoms with E-state index >= 15 is 0 Å². The molecule has 0 saturated carbocycles. The first kappa shape index (κ1) is 23.4. The van der Waals surface area contributed by atoms with Gasteiger partial charge in [0.2, 0.25) is 0 Å². The summed E-state index contributed by atoms with van der Waals surface area (Å²) in [5.41, 5.74) is 4.05. The number of carbonyl (C=O) groups excluding carboxylic acids is 2. The van der Waals surface area contributed by atoms with Crippen molar-refractivity contribution in [3.8, 4) is 0 Å². The van der Waals surface area contributed by atoms with Gasteiger partial charge in [0.15, 0.2) is 11.4 Å². The Hall–Kier alpha value is -2.76. The summed E-state index contributed by atoms with van der Waals surface area (Å²) in [7, 11) is 0. The molecule has 3 aromatic rings. The van der Waals surface area contributed by atoms with Gasteiger partial charge in [-0.1, -0.05) is 77.3 Å². The minimum absolute atomic E-state index is 0.256. The third kappa shape index (κ3) is 4.53. The lowest BCUT2D eigenvalue weighted by Gasteiger charge is -2.23. The van der Waals surface area contributed by atoms with Gasteiger partial charge in [-0.05, 0) is 55.2 Å². The molecule has 1 unspecified atom stereocenters. The van der Waals surface area contributed by atoms with E-state index in [1.54, 1.807) is 23.1 Å². The number of Topliss-reactive ketones (excluding diaryl/α,β-unsaturated/α-hetero) is 1. The van der Waals surface area contributed by atoms with Crippen molar-refractivity contribution in [2.75, 3.05) is 4.90 Å². The smallest absolute Gasteiger partial charge is 0.264 e. The van der Waals surface area contributed by atoms with Gasteiger partial charge in [-0.3, -0.25) is 9.59 Å². The Morgan fingerprint density at radius 2 is 1.76 bits per heavy atom. The van der Waals surface area contributed by atoms with Crippen molar-refractivity contribution in [2.45, 2.75) is 52.2 Å². The molecule has 1 amide bonds. The van der Waals surface area contributed by atoms with E-state index in [1.165, 1.54) is 5.56 Å². The van der Waals surface area contributed by atoms with E-state index in [0.717, 1.165) is 34.0 Å². The maximum Gasteiger partial charge on any atom is 0.264 e. The zero-order valence-electron chi connectivity index (χ0n) is 19.2. The Kier molecular flexibility index (Phi) is 6.55. The van der Waals surface area contributed by atoms with Gasteiger partial charge in [-0.25, -0.2) is 0 Å². The number of fused-ring (bicyclic) bond motifs is 1. The van der Waals surface area contributed by atoms with Crippen LogP contribution in [0.25, 0.3) is 0 Å². The lowest BCUT2D eigenvalue weighted by molar-refractivity contribution is -0.136. The molecule has 5 heteroatoms. The van der Waals surface area contributed by atoms with E-state index in [9.17, 15) is 14.7 Å². The Bertz CT molecular complexity index is 1220. The molecule has 170 valence electrons.